The van der Waals surface area contributed by atoms with Gasteiger partial charge in [-0.05, 0) is 44.2 Å². The molecule has 0 aliphatic heterocycles. The fourth-order valence-corrected chi connectivity index (χ4v) is 2.90. The zero-order chi connectivity index (χ0) is 11.3. The molecule has 0 fully saturated rings. The number of carbonyl (C=O) groups is 1. The van der Waals surface area contributed by atoms with Crippen LogP contribution in [-0.2, 0) is 11.2 Å². The first-order chi connectivity index (χ1) is 7.17. The quantitative estimate of drug-likeness (QED) is 0.708. The van der Waals surface area contributed by atoms with Gasteiger partial charge in [-0.1, -0.05) is 13.8 Å². The Morgan fingerprint density at radius 1 is 1.40 bits per heavy atom. The minimum atomic E-state index is 0.306. The summed E-state index contributed by atoms with van der Waals surface area (Å²) in [7, 11) is 0. The lowest BCUT2D eigenvalue weighted by Gasteiger charge is -2.11. The van der Waals surface area contributed by atoms with E-state index in [1.54, 1.807) is 6.92 Å². The molecule has 0 bridgehead atoms. The Balaban J connectivity index is 2.61. The van der Waals surface area contributed by atoms with Crippen molar-refractivity contribution in [3.63, 3.8) is 0 Å². The second-order valence-electron chi connectivity index (χ2n) is 4.00. The van der Waals surface area contributed by atoms with Crippen LogP contribution in [0.3, 0.4) is 0 Å². The van der Waals surface area contributed by atoms with Gasteiger partial charge in [0.05, 0.1) is 0 Å². The molecular formula is C13H20OS. The number of carbonyl (C=O) groups excluding carboxylic acids is 1. The molecule has 0 radical (unpaired) electrons. The maximum atomic E-state index is 11.0. The fourth-order valence-electron chi connectivity index (χ4n) is 1.73. The molecule has 2 heteroatoms. The summed E-state index contributed by atoms with van der Waals surface area (Å²) in [6.07, 6.45) is 3.98. The monoisotopic (exact) mass is 224 g/mol. The first kappa shape index (κ1) is 12.4. The van der Waals surface area contributed by atoms with Gasteiger partial charge in [0.15, 0.2) is 0 Å². The van der Waals surface area contributed by atoms with E-state index in [0.29, 0.717) is 11.7 Å². The van der Waals surface area contributed by atoms with Crippen LogP contribution in [0, 0.1) is 0 Å². The lowest BCUT2D eigenvalue weighted by Crippen LogP contribution is -1.98. The van der Waals surface area contributed by atoms with Crippen LogP contribution in [0.4, 0.5) is 0 Å². The van der Waals surface area contributed by atoms with Crippen LogP contribution < -0.4 is 0 Å². The SMILES string of the molecule is CCc1ccc(C(CC)CCC(C)=O)s1. The number of thiophene rings is 1. The van der Waals surface area contributed by atoms with Crippen LogP contribution in [-0.4, -0.2) is 5.78 Å². The second-order valence-corrected chi connectivity index (χ2v) is 5.20. The number of Topliss-reactive ketones (excluding diaryl/α,β-unsaturated/α-hetero) is 1. The maximum absolute atomic E-state index is 11.0. The molecular weight excluding hydrogens is 204 g/mol. The zero-order valence-corrected chi connectivity index (χ0v) is 10.7. The third kappa shape index (κ3) is 3.78. The molecule has 1 atom stereocenters. The summed E-state index contributed by atoms with van der Waals surface area (Å²) < 4.78 is 0. The summed E-state index contributed by atoms with van der Waals surface area (Å²) in [5.41, 5.74) is 0. The van der Waals surface area contributed by atoms with Crippen molar-refractivity contribution in [3.05, 3.63) is 21.9 Å². The lowest BCUT2D eigenvalue weighted by atomic mass is 9.97. The predicted octanol–water partition coefficient (Wildman–Crippen LogP) is 4.17. The van der Waals surface area contributed by atoms with Crippen molar-refractivity contribution in [1.82, 2.24) is 0 Å². The van der Waals surface area contributed by atoms with Gasteiger partial charge in [-0.2, -0.15) is 0 Å². The highest BCUT2D eigenvalue weighted by atomic mass is 32.1. The summed E-state index contributed by atoms with van der Waals surface area (Å²) in [5.74, 6) is 0.889. The molecule has 1 unspecified atom stereocenters. The van der Waals surface area contributed by atoms with E-state index in [1.165, 1.54) is 9.75 Å². The lowest BCUT2D eigenvalue weighted by molar-refractivity contribution is -0.117. The highest BCUT2D eigenvalue weighted by molar-refractivity contribution is 7.12. The molecule has 1 heterocycles. The van der Waals surface area contributed by atoms with Gasteiger partial charge in [0.2, 0.25) is 0 Å². The maximum Gasteiger partial charge on any atom is 0.129 e. The topological polar surface area (TPSA) is 17.1 Å². The van der Waals surface area contributed by atoms with E-state index >= 15 is 0 Å². The van der Waals surface area contributed by atoms with Gasteiger partial charge < -0.3 is 4.79 Å². The van der Waals surface area contributed by atoms with Crippen molar-refractivity contribution in [2.75, 3.05) is 0 Å². The largest absolute Gasteiger partial charge is 0.300 e. The molecule has 0 saturated heterocycles. The highest BCUT2D eigenvalue weighted by Gasteiger charge is 2.12. The Kier molecular flexibility index (Phi) is 5.03. The Hall–Kier alpha value is -0.630. The van der Waals surface area contributed by atoms with Crippen molar-refractivity contribution in [2.24, 2.45) is 0 Å². The van der Waals surface area contributed by atoms with Crippen LogP contribution in [0.15, 0.2) is 12.1 Å². The summed E-state index contributed by atoms with van der Waals surface area (Å²) >= 11 is 1.91. The first-order valence-electron chi connectivity index (χ1n) is 5.75. The smallest absolute Gasteiger partial charge is 0.129 e. The van der Waals surface area contributed by atoms with Gasteiger partial charge in [0.25, 0.3) is 0 Å². The molecule has 0 spiro atoms. The van der Waals surface area contributed by atoms with Crippen molar-refractivity contribution < 1.29 is 4.79 Å². The van der Waals surface area contributed by atoms with E-state index in [9.17, 15) is 4.79 Å². The summed E-state index contributed by atoms with van der Waals surface area (Å²) in [6.45, 7) is 6.07. The predicted molar refractivity (Wildman–Crippen MR) is 66.6 cm³/mol. The van der Waals surface area contributed by atoms with Gasteiger partial charge in [0.1, 0.15) is 5.78 Å². The Bertz CT molecular complexity index is 314. The van der Waals surface area contributed by atoms with Gasteiger partial charge in [-0.3, -0.25) is 0 Å². The Morgan fingerprint density at radius 2 is 2.13 bits per heavy atom. The van der Waals surface area contributed by atoms with Crippen molar-refractivity contribution in [3.8, 4) is 0 Å². The normalized spacial score (nSPS) is 12.7. The van der Waals surface area contributed by atoms with Gasteiger partial charge >= 0.3 is 0 Å². The third-order valence-electron chi connectivity index (χ3n) is 2.77. The second kappa shape index (κ2) is 6.06. The van der Waals surface area contributed by atoms with Crippen molar-refractivity contribution in [2.45, 2.75) is 52.4 Å². The summed E-state index contributed by atoms with van der Waals surface area (Å²) in [5, 5.41) is 0. The minimum absolute atomic E-state index is 0.306. The minimum Gasteiger partial charge on any atom is -0.300 e. The Morgan fingerprint density at radius 3 is 2.60 bits per heavy atom. The molecule has 0 N–H and O–H groups in total. The molecule has 0 aliphatic carbocycles. The fraction of sp³-hybridized carbons (Fsp3) is 0.615. The molecule has 1 rings (SSSR count). The van der Waals surface area contributed by atoms with Crippen molar-refractivity contribution in [1.29, 1.82) is 0 Å². The third-order valence-corrected chi connectivity index (χ3v) is 4.16. The van der Waals surface area contributed by atoms with Gasteiger partial charge in [-0.15, -0.1) is 11.3 Å². The molecule has 0 aliphatic rings. The van der Waals surface area contributed by atoms with E-state index in [2.05, 4.69) is 26.0 Å². The van der Waals surface area contributed by atoms with Gasteiger partial charge in [0, 0.05) is 16.2 Å². The summed E-state index contributed by atoms with van der Waals surface area (Å²) in [4.78, 5) is 13.9. The molecule has 1 nitrogen and oxygen atoms in total. The number of hydrogen-bond donors (Lipinski definition) is 0. The molecule has 0 amide bonds. The molecule has 15 heavy (non-hydrogen) atoms. The van der Waals surface area contributed by atoms with E-state index in [4.69, 9.17) is 0 Å². The van der Waals surface area contributed by atoms with Crippen LogP contribution in [0.1, 0.15) is 55.7 Å². The summed E-state index contributed by atoms with van der Waals surface area (Å²) in [6, 6.07) is 4.45. The van der Waals surface area contributed by atoms with E-state index in [1.807, 2.05) is 11.3 Å². The van der Waals surface area contributed by atoms with E-state index in [0.717, 1.165) is 25.7 Å². The Labute approximate surface area is 96.5 Å². The average Bonchev–Trinajstić information content (AvgIpc) is 2.67. The van der Waals surface area contributed by atoms with Gasteiger partial charge in [-0.25, -0.2) is 0 Å². The number of rotatable bonds is 6. The number of aryl methyl sites for hydroxylation is 1. The van der Waals surface area contributed by atoms with Crippen LogP contribution in [0.2, 0.25) is 0 Å². The zero-order valence-electron chi connectivity index (χ0n) is 9.88. The van der Waals surface area contributed by atoms with Crippen LogP contribution in [0.5, 0.6) is 0 Å². The molecule has 1 aromatic heterocycles. The van der Waals surface area contributed by atoms with E-state index < -0.39 is 0 Å². The van der Waals surface area contributed by atoms with Crippen LogP contribution in [0.25, 0.3) is 0 Å². The number of ketones is 1. The molecule has 0 saturated carbocycles. The molecule has 1 aromatic rings. The highest BCUT2D eigenvalue weighted by Crippen LogP contribution is 2.31. The standard InChI is InChI=1S/C13H20OS/c1-4-11(7-6-10(3)14)13-9-8-12(5-2)15-13/h8-9,11H,4-7H2,1-3H3. The average molecular weight is 224 g/mol. The number of hydrogen-bond acceptors (Lipinski definition) is 2. The molecule has 84 valence electrons. The first-order valence-corrected chi connectivity index (χ1v) is 6.57. The van der Waals surface area contributed by atoms with Crippen LogP contribution >= 0.6 is 11.3 Å². The molecule has 0 aromatic carbocycles. The van der Waals surface area contributed by atoms with Crippen molar-refractivity contribution >= 4 is 17.1 Å². The van der Waals surface area contributed by atoms with E-state index in [-0.39, 0.29) is 0 Å².